The molecule has 11 heavy (non-hydrogen) atoms. The van der Waals surface area contributed by atoms with Crippen LogP contribution in [0.2, 0.25) is 0 Å². The van der Waals surface area contributed by atoms with Gasteiger partial charge in [-0.1, -0.05) is 0 Å². The van der Waals surface area contributed by atoms with E-state index in [-0.39, 0.29) is 17.7 Å². The maximum atomic E-state index is 11.3. The van der Waals surface area contributed by atoms with Crippen LogP contribution in [-0.4, -0.2) is 17.7 Å². The van der Waals surface area contributed by atoms with Gasteiger partial charge in [0, 0.05) is 12.5 Å². The summed E-state index contributed by atoms with van der Waals surface area (Å²) in [7, 11) is 0. The Balaban J connectivity index is 2.38. The van der Waals surface area contributed by atoms with E-state index in [2.05, 4.69) is 5.32 Å². The van der Waals surface area contributed by atoms with Crippen molar-refractivity contribution >= 4 is 11.7 Å². The van der Waals surface area contributed by atoms with E-state index in [1.165, 1.54) is 0 Å². The summed E-state index contributed by atoms with van der Waals surface area (Å²) in [6.07, 6.45) is 2.25. The molecule has 0 aromatic heterocycles. The molecule has 3 aliphatic rings. The predicted octanol–water partition coefficient (Wildman–Crippen LogP) is 0.244. The smallest absolute Gasteiger partial charge is 0.233 e. The van der Waals surface area contributed by atoms with Crippen molar-refractivity contribution in [2.24, 2.45) is 5.41 Å². The second-order valence-corrected chi connectivity index (χ2v) is 3.67. The summed E-state index contributed by atoms with van der Waals surface area (Å²) in [4.78, 5) is 22.6. The molecule has 0 aromatic carbocycles. The molecular weight excluding hydrogens is 142 g/mol. The quantitative estimate of drug-likeness (QED) is 0.507. The molecule has 1 amide bonds. The zero-order valence-electron chi connectivity index (χ0n) is 6.52. The number of nitrogens with one attached hydrogen (secondary N) is 1. The Morgan fingerprint density at radius 2 is 2.27 bits per heavy atom. The van der Waals surface area contributed by atoms with Crippen molar-refractivity contribution in [2.45, 2.75) is 32.2 Å². The van der Waals surface area contributed by atoms with E-state index in [4.69, 9.17) is 0 Å². The average molecular weight is 153 g/mol. The highest BCUT2D eigenvalue weighted by Crippen LogP contribution is 2.37. The summed E-state index contributed by atoms with van der Waals surface area (Å²) in [5.41, 5.74) is -0.686. The van der Waals surface area contributed by atoms with Gasteiger partial charge in [0.05, 0.1) is 0 Å². The highest BCUT2D eigenvalue weighted by molar-refractivity contribution is 6.08. The van der Waals surface area contributed by atoms with Crippen LogP contribution in [0.5, 0.6) is 0 Å². The molecule has 3 fully saturated rings. The van der Waals surface area contributed by atoms with Gasteiger partial charge in [0.25, 0.3) is 0 Å². The molecule has 0 radical (unpaired) electrons. The van der Waals surface area contributed by atoms with Crippen LogP contribution in [0.15, 0.2) is 0 Å². The monoisotopic (exact) mass is 153 g/mol. The minimum Gasteiger partial charge on any atom is -0.352 e. The molecule has 2 heterocycles. The van der Waals surface area contributed by atoms with E-state index >= 15 is 0 Å². The summed E-state index contributed by atoms with van der Waals surface area (Å²) in [6, 6.07) is 0.136. The third kappa shape index (κ3) is 0.737. The zero-order valence-corrected chi connectivity index (χ0v) is 6.52. The number of piperidine rings is 2. The number of carbonyl (C=O) groups is 2. The first-order valence-corrected chi connectivity index (χ1v) is 3.97. The van der Waals surface area contributed by atoms with Crippen LogP contribution in [0.4, 0.5) is 0 Å². The van der Waals surface area contributed by atoms with Gasteiger partial charge >= 0.3 is 0 Å². The van der Waals surface area contributed by atoms with Crippen LogP contribution in [0.1, 0.15) is 26.2 Å². The molecule has 1 aliphatic carbocycles. The van der Waals surface area contributed by atoms with Crippen molar-refractivity contribution in [1.82, 2.24) is 5.32 Å². The number of rotatable bonds is 0. The molecule has 2 saturated heterocycles. The molecule has 2 atom stereocenters. The number of Topliss-reactive ketones (excluding diaryl/α,β-unsaturated/α-hetero) is 1. The maximum absolute atomic E-state index is 11.3. The summed E-state index contributed by atoms with van der Waals surface area (Å²) in [5, 5.41) is 2.83. The van der Waals surface area contributed by atoms with Crippen LogP contribution < -0.4 is 5.32 Å². The lowest BCUT2D eigenvalue weighted by atomic mass is 9.68. The number of ketones is 1. The number of carbonyl (C=O) groups excluding carboxylic acids is 2. The zero-order chi connectivity index (χ0) is 8.06. The third-order valence-corrected chi connectivity index (χ3v) is 2.88. The van der Waals surface area contributed by atoms with Gasteiger partial charge in [-0.25, -0.2) is 0 Å². The minimum absolute atomic E-state index is 0.0648. The van der Waals surface area contributed by atoms with Crippen molar-refractivity contribution in [1.29, 1.82) is 0 Å². The van der Waals surface area contributed by atoms with Crippen molar-refractivity contribution in [3.05, 3.63) is 0 Å². The Morgan fingerprint density at radius 3 is 2.73 bits per heavy atom. The molecule has 0 aromatic rings. The molecule has 1 saturated carbocycles. The third-order valence-electron chi connectivity index (χ3n) is 2.88. The van der Waals surface area contributed by atoms with Gasteiger partial charge < -0.3 is 5.32 Å². The first kappa shape index (κ1) is 6.83. The van der Waals surface area contributed by atoms with Crippen molar-refractivity contribution in [3.8, 4) is 0 Å². The van der Waals surface area contributed by atoms with E-state index in [1.54, 1.807) is 6.92 Å². The van der Waals surface area contributed by atoms with Crippen molar-refractivity contribution in [3.63, 3.8) is 0 Å². The summed E-state index contributed by atoms with van der Waals surface area (Å²) in [6.45, 7) is 1.75. The lowest BCUT2D eigenvalue weighted by Gasteiger charge is -2.41. The summed E-state index contributed by atoms with van der Waals surface area (Å²) >= 11 is 0. The fourth-order valence-electron chi connectivity index (χ4n) is 1.86. The molecule has 0 spiro atoms. The molecule has 2 bridgehead atoms. The topological polar surface area (TPSA) is 46.2 Å². The molecule has 3 rings (SSSR count). The SMILES string of the molecule is CC12CCC(CC1=O)NC2=O. The van der Waals surface area contributed by atoms with E-state index < -0.39 is 5.41 Å². The Labute approximate surface area is 65.2 Å². The van der Waals surface area contributed by atoms with Gasteiger partial charge in [-0.2, -0.15) is 0 Å². The average Bonchev–Trinajstić information content (AvgIpc) is 1.94. The first-order chi connectivity index (χ1) is 5.13. The number of hydrogen-bond donors (Lipinski definition) is 1. The molecule has 3 nitrogen and oxygen atoms in total. The Hall–Kier alpha value is -0.860. The normalized spacial score (nSPS) is 42.5. The number of amides is 1. The maximum Gasteiger partial charge on any atom is 0.233 e. The predicted molar refractivity (Wildman–Crippen MR) is 38.9 cm³/mol. The van der Waals surface area contributed by atoms with Crippen LogP contribution in [0, 0.1) is 5.41 Å². The lowest BCUT2D eigenvalue weighted by molar-refractivity contribution is -0.150. The van der Waals surface area contributed by atoms with Gasteiger partial charge in [0.1, 0.15) is 11.2 Å². The second-order valence-electron chi connectivity index (χ2n) is 3.67. The van der Waals surface area contributed by atoms with E-state index in [1.807, 2.05) is 0 Å². The van der Waals surface area contributed by atoms with Crippen molar-refractivity contribution < 1.29 is 9.59 Å². The van der Waals surface area contributed by atoms with Gasteiger partial charge in [-0.3, -0.25) is 9.59 Å². The van der Waals surface area contributed by atoms with E-state index in [0.29, 0.717) is 6.42 Å². The minimum atomic E-state index is -0.686. The standard InChI is InChI=1S/C8H11NO2/c1-8-3-2-5(4-6(8)10)9-7(8)11/h5H,2-4H2,1H3,(H,9,11). The Kier molecular flexibility index (Phi) is 1.14. The Bertz CT molecular complexity index is 216. The second kappa shape index (κ2) is 1.84. The van der Waals surface area contributed by atoms with E-state index in [0.717, 1.165) is 12.8 Å². The van der Waals surface area contributed by atoms with Gasteiger partial charge in [0.15, 0.2) is 0 Å². The highest BCUT2D eigenvalue weighted by Gasteiger charge is 2.49. The summed E-state index contributed by atoms with van der Waals surface area (Å²) < 4.78 is 0. The first-order valence-electron chi connectivity index (χ1n) is 3.97. The fourth-order valence-corrected chi connectivity index (χ4v) is 1.86. The largest absolute Gasteiger partial charge is 0.352 e. The van der Waals surface area contributed by atoms with Crippen LogP contribution in [-0.2, 0) is 9.59 Å². The molecule has 2 unspecified atom stereocenters. The number of fused-ring (bicyclic) bond motifs is 3. The highest BCUT2D eigenvalue weighted by atomic mass is 16.2. The van der Waals surface area contributed by atoms with Gasteiger partial charge in [-0.05, 0) is 19.8 Å². The summed E-state index contributed by atoms with van der Waals surface area (Å²) in [5.74, 6) is 0.0579. The fraction of sp³-hybridized carbons (Fsp3) is 0.750. The molecule has 1 N–H and O–H groups in total. The molecule has 3 heteroatoms. The molecule has 60 valence electrons. The van der Waals surface area contributed by atoms with Crippen LogP contribution in [0.3, 0.4) is 0 Å². The molecular formula is C8H11NO2. The molecule has 2 aliphatic heterocycles. The van der Waals surface area contributed by atoms with E-state index in [9.17, 15) is 9.59 Å². The number of hydrogen-bond acceptors (Lipinski definition) is 2. The lowest BCUT2D eigenvalue weighted by Crippen LogP contribution is -2.59. The Morgan fingerprint density at radius 1 is 1.55 bits per heavy atom. The van der Waals surface area contributed by atoms with Crippen LogP contribution in [0.25, 0.3) is 0 Å². The van der Waals surface area contributed by atoms with Crippen molar-refractivity contribution in [2.75, 3.05) is 0 Å². The van der Waals surface area contributed by atoms with Gasteiger partial charge in [0.2, 0.25) is 5.91 Å². The van der Waals surface area contributed by atoms with Crippen LogP contribution >= 0.6 is 0 Å². The van der Waals surface area contributed by atoms with Gasteiger partial charge in [-0.15, -0.1) is 0 Å².